The molecule has 1 aliphatic heterocycles. The van der Waals surface area contributed by atoms with Crippen LogP contribution in [0.3, 0.4) is 0 Å². The molecule has 5 nitrogen and oxygen atoms in total. The van der Waals surface area contributed by atoms with Crippen LogP contribution in [0.25, 0.3) is 0 Å². The Morgan fingerprint density at radius 3 is 2.89 bits per heavy atom. The van der Waals surface area contributed by atoms with E-state index in [1.165, 1.54) is 0 Å². The largest absolute Gasteiger partial charge is 0.362 e. The van der Waals surface area contributed by atoms with Gasteiger partial charge in [0.15, 0.2) is 5.78 Å². The van der Waals surface area contributed by atoms with Crippen molar-refractivity contribution in [3.8, 4) is 0 Å². The standard InChI is InChI=1S/C20H18BrN3O2S/c1-11-17(20(26)24-16-8-7-12(21)10-22-16)19(15-6-3-9-27-15)18-13(23-11)4-2-5-14(18)25/h3,6-10,19,23H,2,4-5H2,1H3,(H,22,24,26)/t19-/m1/s1. The van der Waals surface area contributed by atoms with E-state index < -0.39 is 0 Å². The van der Waals surface area contributed by atoms with Crippen molar-refractivity contribution in [3.05, 3.63) is 67.7 Å². The number of ketones is 1. The number of allylic oxidation sites excluding steroid dienone is 3. The van der Waals surface area contributed by atoms with Crippen LogP contribution >= 0.6 is 27.3 Å². The molecule has 0 unspecified atom stereocenters. The van der Waals surface area contributed by atoms with Gasteiger partial charge in [-0.2, -0.15) is 0 Å². The fraction of sp³-hybridized carbons (Fsp3) is 0.250. The Morgan fingerprint density at radius 2 is 2.19 bits per heavy atom. The predicted octanol–water partition coefficient (Wildman–Crippen LogP) is 4.51. The van der Waals surface area contributed by atoms with Gasteiger partial charge in [-0.25, -0.2) is 4.98 Å². The summed E-state index contributed by atoms with van der Waals surface area (Å²) < 4.78 is 0.842. The van der Waals surface area contributed by atoms with Gasteiger partial charge in [-0.15, -0.1) is 11.3 Å². The third-order valence-corrected chi connectivity index (χ3v) is 6.22. The van der Waals surface area contributed by atoms with Crippen molar-refractivity contribution in [1.82, 2.24) is 10.3 Å². The van der Waals surface area contributed by atoms with Crippen LogP contribution in [0.1, 0.15) is 37.0 Å². The molecule has 7 heteroatoms. The van der Waals surface area contributed by atoms with Crippen molar-refractivity contribution < 1.29 is 9.59 Å². The first-order chi connectivity index (χ1) is 13.0. The second-order valence-electron chi connectivity index (χ2n) is 6.60. The molecule has 138 valence electrons. The van der Waals surface area contributed by atoms with Crippen LogP contribution in [0, 0.1) is 0 Å². The van der Waals surface area contributed by atoms with Crippen molar-refractivity contribution >= 4 is 44.8 Å². The molecule has 2 aromatic rings. The topological polar surface area (TPSA) is 71.1 Å². The number of thiophene rings is 1. The number of carbonyl (C=O) groups is 2. The number of hydrogen-bond acceptors (Lipinski definition) is 5. The molecule has 2 aromatic heterocycles. The van der Waals surface area contributed by atoms with Crippen molar-refractivity contribution in [2.75, 3.05) is 5.32 Å². The maximum Gasteiger partial charge on any atom is 0.255 e. The quantitative estimate of drug-likeness (QED) is 0.731. The van der Waals surface area contributed by atoms with E-state index in [0.29, 0.717) is 17.8 Å². The molecule has 4 rings (SSSR count). The van der Waals surface area contributed by atoms with Crippen molar-refractivity contribution in [3.63, 3.8) is 0 Å². The Bertz CT molecular complexity index is 962. The highest BCUT2D eigenvalue weighted by Gasteiger charge is 2.38. The first kappa shape index (κ1) is 18.1. The van der Waals surface area contributed by atoms with Crippen molar-refractivity contribution in [2.45, 2.75) is 32.1 Å². The number of hydrogen-bond donors (Lipinski definition) is 2. The summed E-state index contributed by atoms with van der Waals surface area (Å²) in [6, 6.07) is 7.51. The molecule has 0 radical (unpaired) electrons. The Kier molecular flexibility index (Phi) is 4.97. The third-order valence-electron chi connectivity index (χ3n) is 4.82. The van der Waals surface area contributed by atoms with Crippen LogP contribution < -0.4 is 10.6 Å². The summed E-state index contributed by atoms with van der Waals surface area (Å²) in [5.41, 5.74) is 3.07. The van der Waals surface area contributed by atoms with E-state index >= 15 is 0 Å². The average Bonchev–Trinajstić information content (AvgIpc) is 3.17. The van der Waals surface area contributed by atoms with E-state index in [1.54, 1.807) is 23.6 Å². The molecule has 0 saturated carbocycles. The van der Waals surface area contributed by atoms with Gasteiger partial charge in [0, 0.05) is 44.5 Å². The van der Waals surface area contributed by atoms with Crippen LogP contribution in [0.5, 0.6) is 0 Å². The van der Waals surface area contributed by atoms with Gasteiger partial charge in [0.2, 0.25) is 0 Å². The first-order valence-corrected chi connectivity index (χ1v) is 10.4. The van der Waals surface area contributed by atoms with E-state index in [-0.39, 0.29) is 17.6 Å². The van der Waals surface area contributed by atoms with E-state index in [2.05, 4.69) is 31.5 Å². The summed E-state index contributed by atoms with van der Waals surface area (Å²) in [7, 11) is 0. The summed E-state index contributed by atoms with van der Waals surface area (Å²) in [5, 5.41) is 8.17. The lowest BCUT2D eigenvalue weighted by molar-refractivity contribution is -0.116. The minimum Gasteiger partial charge on any atom is -0.362 e. The summed E-state index contributed by atoms with van der Waals surface area (Å²) in [5.74, 6) is 0.0348. The zero-order chi connectivity index (χ0) is 19.0. The van der Waals surface area contributed by atoms with Crippen LogP contribution in [0.15, 0.2) is 62.9 Å². The molecule has 27 heavy (non-hydrogen) atoms. The number of dihydropyridines is 1. The normalized spacial score (nSPS) is 19.6. The number of rotatable bonds is 3. The van der Waals surface area contributed by atoms with Gasteiger partial charge in [-0.05, 0) is 59.3 Å². The zero-order valence-corrected chi connectivity index (χ0v) is 17.1. The number of carbonyl (C=O) groups excluding carboxylic acids is 2. The zero-order valence-electron chi connectivity index (χ0n) is 14.7. The van der Waals surface area contributed by atoms with Gasteiger partial charge >= 0.3 is 0 Å². The summed E-state index contributed by atoms with van der Waals surface area (Å²) in [4.78, 5) is 31.1. The average molecular weight is 444 g/mol. The van der Waals surface area contributed by atoms with Crippen LogP contribution in [-0.2, 0) is 9.59 Å². The Labute approximate surface area is 169 Å². The number of halogens is 1. The Morgan fingerprint density at radius 1 is 1.33 bits per heavy atom. The molecule has 0 spiro atoms. The van der Waals surface area contributed by atoms with Gasteiger partial charge in [0.25, 0.3) is 5.91 Å². The SMILES string of the molecule is CC1=C(C(=O)Nc2ccc(Br)cn2)[C@@H](c2cccs2)C2=C(CCCC2=O)N1. The summed E-state index contributed by atoms with van der Waals surface area (Å²) >= 11 is 4.91. The molecule has 0 saturated heterocycles. The molecule has 0 aromatic carbocycles. The van der Waals surface area contributed by atoms with E-state index in [0.717, 1.165) is 39.2 Å². The summed E-state index contributed by atoms with van der Waals surface area (Å²) in [6.45, 7) is 1.90. The molecule has 0 bridgehead atoms. The number of pyridine rings is 1. The lowest BCUT2D eigenvalue weighted by atomic mass is 9.77. The highest BCUT2D eigenvalue weighted by molar-refractivity contribution is 9.10. The van der Waals surface area contributed by atoms with E-state index in [1.807, 2.05) is 30.5 Å². The lowest BCUT2D eigenvalue weighted by Gasteiger charge is -2.33. The monoisotopic (exact) mass is 443 g/mol. The molecule has 1 atom stereocenters. The van der Waals surface area contributed by atoms with Crippen LogP contribution in [-0.4, -0.2) is 16.7 Å². The van der Waals surface area contributed by atoms with Gasteiger partial charge < -0.3 is 10.6 Å². The molecule has 2 N–H and O–H groups in total. The second kappa shape index (κ2) is 7.40. The lowest BCUT2D eigenvalue weighted by Crippen LogP contribution is -2.35. The van der Waals surface area contributed by atoms with Gasteiger partial charge in [0.1, 0.15) is 5.82 Å². The Balaban J connectivity index is 1.74. The smallest absolute Gasteiger partial charge is 0.255 e. The minimum absolute atomic E-state index is 0.127. The molecule has 3 heterocycles. The second-order valence-corrected chi connectivity index (χ2v) is 8.49. The molecular weight excluding hydrogens is 426 g/mol. The van der Waals surface area contributed by atoms with Gasteiger partial charge in [0.05, 0.1) is 5.92 Å². The van der Waals surface area contributed by atoms with Gasteiger partial charge in [-0.1, -0.05) is 6.07 Å². The number of nitrogens with one attached hydrogen (secondary N) is 2. The van der Waals surface area contributed by atoms with E-state index in [9.17, 15) is 9.59 Å². The van der Waals surface area contributed by atoms with Crippen LogP contribution in [0.2, 0.25) is 0 Å². The molecule has 2 aliphatic rings. The highest BCUT2D eigenvalue weighted by Crippen LogP contribution is 2.43. The van der Waals surface area contributed by atoms with Crippen LogP contribution in [0.4, 0.5) is 5.82 Å². The molecule has 1 aliphatic carbocycles. The molecular formula is C20H18BrN3O2S. The highest BCUT2D eigenvalue weighted by atomic mass is 79.9. The third kappa shape index (κ3) is 3.49. The fourth-order valence-corrected chi connectivity index (χ4v) is 4.74. The minimum atomic E-state index is -0.329. The number of anilines is 1. The number of nitrogens with zero attached hydrogens (tertiary/aromatic N) is 1. The Hall–Kier alpha value is -2.25. The number of aromatic nitrogens is 1. The van der Waals surface area contributed by atoms with Gasteiger partial charge in [-0.3, -0.25) is 9.59 Å². The molecule has 1 amide bonds. The van der Waals surface area contributed by atoms with Crippen molar-refractivity contribution in [1.29, 1.82) is 0 Å². The predicted molar refractivity (Wildman–Crippen MR) is 109 cm³/mol. The maximum atomic E-state index is 13.2. The van der Waals surface area contributed by atoms with E-state index in [4.69, 9.17) is 0 Å². The molecule has 0 fully saturated rings. The maximum absolute atomic E-state index is 13.2. The fourth-order valence-electron chi connectivity index (χ4n) is 3.66. The number of Topliss-reactive ketones (excluding diaryl/α,β-unsaturated/α-hetero) is 1. The first-order valence-electron chi connectivity index (χ1n) is 8.75. The summed E-state index contributed by atoms with van der Waals surface area (Å²) in [6.07, 6.45) is 3.85. The number of amides is 1. The van der Waals surface area contributed by atoms with Crippen molar-refractivity contribution in [2.24, 2.45) is 0 Å².